The smallest absolute Gasteiger partial charge is 0.223 e. The first-order valence-corrected chi connectivity index (χ1v) is 6.59. The number of aryl methyl sites for hydroxylation is 1. The molecule has 0 aliphatic carbocycles. The van der Waals surface area contributed by atoms with E-state index in [2.05, 4.69) is 29.0 Å². The average Bonchev–Trinajstić information content (AvgIpc) is 2.89. The highest BCUT2D eigenvalue weighted by molar-refractivity contribution is 5.76. The number of nitrogens with zero attached hydrogens (tertiary/aromatic N) is 3. The molecular weight excluding hydrogens is 228 g/mol. The fraction of sp³-hybridized carbons (Fsp3) is 0.692. The van der Waals surface area contributed by atoms with Crippen molar-refractivity contribution in [2.45, 2.75) is 31.7 Å². The number of amides is 1. The van der Waals surface area contributed by atoms with Crippen LogP contribution in [0.1, 0.15) is 25.1 Å². The Bertz CT molecular complexity index is 366. The van der Waals surface area contributed by atoms with E-state index in [9.17, 15) is 4.79 Å². The van der Waals surface area contributed by atoms with Gasteiger partial charge in [-0.25, -0.2) is 4.98 Å². The van der Waals surface area contributed by atoms with E-state index in [4.69, 9.17) is 0 Å². The number of aromatic amines is 1. The number of piperidine rings is 1. The molecule has 0 atom stereocenters. The second kappa shape index (κ2) is 6.00. The highest BCUT2D eigenvalue weighted by atomic mass is 16.2. The molecule has 1 aromatic rings. The minimum Gasteiger partial charge on any atom is -0.349 e. The number of carbonyl (C=O) groups is 1. The molecule has 0 spiro atoms. The zero-order valence-electron chi connectivity index (χ0n) is 11.2. The van der Waals surface area contributed by atoms with E-state index in [0.29, 0.717) is 18.9 Å². The summed E-state index contributed by atoms with van der Waals surface area (Å²) >= 11 is 0. The van der Waals surface area contributed by atoms with Crippen molar-refractivity contribution in [3.05, 3.63) is 18.2 Å². The van der Waals surface area contributed by atoms with Crippen LogP contribution in [0.2, 0.25) is 0 Å². The normalized spacial score (nSPS) is 17.4. The van der Waals surface area contributed by atoms with Gasteiger partial charge >= 0.3 is 0 Å². The van der Waals surface area contributed by atoms with Crippen LogP contribution in [-0.2, 0) is 11.2 Å². The standard InChI is InChI=1S/C13H22N4O/c1-16(2)11-5-9-17(10-6-11)13(18)4-3-12-14-7-8-15-12/h7-8,11H,3-6,9-10H2,1-2H3,(H,14,15). The van der Waals surface area contributed by atoms with Gasteiger partial charge in [-0.15, -0.1) is 0 Å². The SMILES string of the molecule is CN(C)C1CCN(C(=O)CCc2ncc[nH]2)CC1. The van der Waals surface area contributed by atoms with Gasteiger partial charge in [-0.1, -0.05) is 0 Å². The maximum absolute atomic E-state index is 12.0. The molecule has 1 fully saturated rings. The lowest BCUT2D eigenvalue weighted by atomic mass is 10.0. The van der Waals surface area contributed by atoms with Crippen LogP contribution in [0.4, 0.5) is 0 Å². The van der Waals surface area contributed by atoms with E-state index in [1.807, 2.05) is 4.90 Å². The fourth-order valence-electron chi connectivity index (χ4n) is 2.45. The van der Waals surface area contributed by atoms with Crippen molar-refractivity contribution in [2.75, 3.05) is 27.2 Å². The summed E-state index contributed by atoms with van der Waals surface area (Å²) in [7, 11) is 4.22. The van der Waals surface area contributed by atoms with E-state index >= 15 is 0 Å². The molecule has 1 saturated heterocycles. The number of likely N-dealkylation sites (tertiary alicyclic amines) is 1. The molecule has 5 nitrogen and oxygen atoms in total. The molecule has 1 aromatic heterocycles. The predicted octanol–water partition coefficient (Wildman–Crippen LogP) is 0.895. The lowest BCUT2D eigenvalue weighted by Crippen LogP contribution is -2.44. The highest BCUT2D eigenvalue weighted by Gasteiger charge is 2.23. The summed E-state index contributed by atoms with van der Waals surface area (Å²) in [6.07, 6.45) is 6.95. The molecule has 2 rings (SSSR count). The second-order valence-corrected chi connectivity index (χ2v) is 5.11. The third kappa shape index (κ3) is 3.32. The van der Waals surface area contributed by atoms with Gasteiger partial charge in [0.05, 0.1) is 0 Å². The summed E-state index contributed by atoms with van der Waals surface area (Å²) < 4.78 is 0. The number of rotatable bonds is 4. The molecule has 1 amide bonds. The Balaban J connectivity index is 1.74. The van der Waals surface area contributed by atoms with E-state index in [1.165, 1.54) is 0 Å². The molecule has 18 heavy (non-hydrogen) atoms. The van der Waals surface area contributed by atoms with Crippen molar-refractivity contribution in [2.24, 2.45) is 0 Å². The van der Waals surface area contributed by atoms with Crippen LogP contribution >= 0.6 is 0 Å². The summed E-state index contributed by atoms with van der Waals surface area (Å²) in [6, 6.07) is 0.624. The number of aromatic nitrogens is 2. The van der Waals surface area contributed by atoms with Gasteiger partial charge in [0.1, 0.15) is 5.82 Å². The molecule has 0 bridgehead atoms. The monoisotopic (exact) mass is 250 g/mol. The van der Waals surface area contributed by atoms with Crippen molar-refractivity contribution in [3.63, 3.8) is 0 Å². The number of H-pyrrole nitrogens is 1. The quantitative estimate of drug-likeness (QED) is 0.863. The van der Waals surface area contributed by atoms with Gasteiger partial charge in [0.15, 0.2) is 0 Å². The van der Waals surface area contributed by atoms with Crippen LogP contribution in [-0.4, -0.2) is 58.9 Å². The van der Waals surface area contributed by atoms with E-state index < -0.39 is 0 Å². The van der Waals surface area contributed by atoms with Crippen LogP contribution < -0.4 is 0 Å². The summed E-state index contributed by atoms with van der Waals surface area (Å²) in [6.45, 7) is 1.78. The van der Waals surface area contributed by atoms with Crippen molar-refractivity contribution >= 4 is 5.91 Å². The minimum atomic E-state index is 0.253. The van der Waals surface area contributed by atoms with Crippen LogP contribution in [0.3, 0.4) is 0 Å². The van der Waals surface area contributed by atoms with E-state index in [1.54, 1.807) is 12.4 Å². The Hall–Kier alpha value is -1.36. The summed E-state index contributed by atoms with van der Waals surface area (Å²) in [5.41, 5.74) is 0. The Labute approximate surface area is 108 Å². The van der Waals surface area contributed by atoms with Crippen molar-refractivity contribution in [3.8, 4) is 0 Å². The maximum atomic E-state index is 12.0. The summed E-state index contributed by atoms with van der Waals surface area (Å²) in [5.74, 6) is 1.15. The third-order valence-electron chi connectivity index (χ3n) is 3.68. The van der Waals surface area contributed by atoms with Gasteiger partial charge in [-0.2, -0.15) is 0 Å². The van der Waals surface area contributed by atoms with Gasteiger partial charge in [0.25, 0.3) is 0 Å². The number of hydrogen-bond acceptors (Lipinski definition) is 3. The number of imidazole rings is 1. The van der Waals surface area contributed by atoms with Gasteiger partial charge in [0.2, 0.25) is 5.91 Å². The largest absolute Gasteiger partial charge is 0.349 e. The molecule has 1 aliphatic rings. The highest BCUT2D eigenvalue weighted by Crippen LogP contribution is 2.15. The molecule has 1 N–H and O–H groups in total. The van der Waals surface area contributed by atoms with Crippen molar-refractivity contribution < 1.29 is 4.79 Å². The number of carbonyl (C=O) groups excluding carboxylic acids is 1. The molecule has 1 aliphatic heterocycles. The number of hydrogen-bond donors (Lipinski definition) is 1. The van der Waals surface area contributed by atoms with Crippen LogP contribution in [0.15, 0.2) is 12.4 Å². The summed E-state index contributed by atoms with van der Waals surface area (Å²) in [4.78, 5) is 23.4. The lowest BCUT2D eigenvalue weighted by Gasteiger charge is -2.35. The number of nitrogens with one attached hydrogen (secondary N) is 1. The van der Waals surface area contributed by atoms with Gasteiger partial charge in [-0.3, -0.25) is 4.79 Å². The van der Waals surface area contributed by atoms with Gasteiger partial charge < -0.3 is 14.8 Å². The molecule has 100 valence electrons. The Morgan fingerprint density at radius 1 is 1.50 bits per heavy atom. The molecule has 2 heterocycles. The minimum absolute atomic E-state index is 0.253. The Kier molecular flexibility index (Phi) is 4.36. The third-order valence-corrected chi connectivity index (χ3v) is 3.68. The van der Waals surface area contributed by atoms with Crippen LogP contribution in [0.25, 0.3) is 0 Å². The van der Waals surface area contributed by atoms with Gasteiger partial charge in [0, 0.05) is 44.4 Å². The second-order valence-electron chi connectivity index (χ2n) is 5.11. The summed E-state index contributed by atoms with van der Waals surface area (Å²) in [5, 5.41) is 0. The predicted molar refractivity (Wildman–Crippen MR) is 70.2 cm³/mol. The molecular formula is C13H22N4O. The van der Waals surface area contributed by atoms with Crippen LogP contribution in [0.5, 0.6) is 0 Å². The van der Waals surface area contributed by atoms with E-state index in [-0.39, 0.29) is 5.91 Å². The van der Waals surface area contributed by atoms with Crippen molar-refractivity contribution in [1.82, 2.24) is 19.8 Å². The van der Waals surface area contributed by atoms with Gasteiger partial charge in [-0.05, 0) is 26.9 Å². The first-order valence-electron chi connectivity index (χ1n) is 6.59. The van der Waals surface area contributed by atoms with Crippen LogP contribution in [0, 0.1) is 0 Å². The molecule has 0 radical (unpaired) electrons. The molecule has 5 heteroatoms. The lowest BCUT2D eigenvalue weighted by molar-refractivity contribution is -0.132. The first kappa shape index (κ1) is 13.1. The average molecular weight is 250 g/mol. The Morgan fingerprint density at radius 2 is 2.22 bits per heavy atom. The zero-order valence-corrected chi connectivity index (χ0v) is 11.2. The maximum Gasteiger partial charge on any atom is 0.223 e. The molecule has 0 aromatic carbocycles. The topological polar surface area (TPSA) is 52.2 Å². The van der Waals surface area contributed by atoms with Crippen molar-refractivity contribution in [1.29, 1.82) is 0 Å². The Morgan fingerprint density at radius 3 is 2.78 bits per heavy atom. The fourth-order valence-corrected chi connectivity index (χ4v) is 2.45. The molecule has 0 saturated carbocycles. The first-order chi connectivity index (χ1) is 8.66. The molecule has 0 unspecified atom stereocenters. The zero-order chi connectivity index (χ0) is 13.0. The van der Waals surface area contributed by atoms with E-state index in [0.717, 1.165) is 31.8 Å².